The smallest absolute Gasteiger partial charge is 0.302 e. The van der Waals surface area contributed by atoms with Crippen molar-refractivity contribution >= 4 is 11.9 Å². The summed E-state index contributed by atoms with van der Waals surface area (Å²) >= 11 is 0. The molecule has 1 atom stereocenters. The summed E-state index contributed by atoms with van der Waals surface area (Å²) in [4.78, 5) is 20.4. The molecule has 0 aromatic carbocycles. The van der Waals surface area contributed by atoms with E-state index in [0.717, 1.165) is 19.3 Å². The second-order valence-electron chi connectivity index (χ2n) is 4.22. The molecule has 0 amide bonds. The number of unbranched alkanes of at least 4 members (excludes halogenated alkanes) is 2. The van der Waals surface area contributed by atoms with Crippen molar-refractivity contribution in [2.24, 2.45) is 0 Å². The highest BCUT2D eigenvalue weighted by Crippen LogP contribution is 1.95. The van der Waals surface area contributed by atoms with Gasteiger partial charge in [0.25, 0.3) is 0 Å². The van der Waals surface area contributed by atoms with Gasteiger partial charge in [-0.2, -0.15) is 0 Å². The average Bonchev–Trinajstić information content (AvgIpc) is 2.34. The van der Waals surface area contributed by atoms with Gasteiger partial charge in [-0.3, -0.25) is 9.59 Å². The van der Waals surface area contributed by atoms with E-state index in [1.165, 1.54) is 20.3 Å². The minimum absolute atomic E-state index is 0.166. The standard InChI is InChI=1S/C7H14O3.C7H14O2/c1-6(9-3)4-5-10-7(2)8;1-3-4-5-6-9-7(2)8/h6H,4-5H2,1-3H3;3-6H2,1-2H3. The average molecular weight is 276 g/mol. The van der Waals surface area contributed by atoms with Gasteiger partial charge in [-0.1, -0.05) is 19.8 Å². The lowest BCUT2D eigenvalue weighted by atomic mass is 10.3. The van der Waals surface area contributed by atoms with Crippen LogP contribution in [-0.2, 0) is 23.8 Å². The summed E-state index contributed by atoms with van der Waals surface area (Å²) in [5, 5.41) is 0. The normalized spacial score (nSPS) is 11.0. The first-order valence-corrected chi connectivity index (χ1v) is 6.73. The van der Waals surface area contributed by atoms with Crippen molar-refractivity contribution in [2.45, 2.75) is 59.5 Å². The fraction of sp³-hybridized carbons (Fsp3) is 0.857. The maximum atomic E-state index is 10.3. The summed E-state index contributed by atoms with van der Waals surface area (Å²) < 4.78 is 14.3. The van der Waals surface area contributed by atoms with Crippen molar-refractivity contribution < 1.29 is 23.8 Å². The minimum Gasteiger partial charge on any atom is -0.466 e. The molecule has 0 N–H and O–H groups in total. The van der Waals surface area contributed by atoms with Crippen molar-refractivity contribution in [3.05, 3.63) is 0 Å². The molecule has 5 nitrogen and oxygen atoms in total. The SMILES string of the molecule is CCCCCOC(C)=O.COC(C)CCOC(C)=O. The molecule has 114 valence electrons. The Hall–Kier alpha value is -1.10. The van der Waals surface area contributed by atoms with E-state index in [1.54, 1.807) is 7.11 Å². The molecule has 0 bridgehead atoms. The number of methoxy groups -OCH3 is 1. The number of carbonyl (C=O) groups excluding carboxylic acids is 2. The minimum atomic E-state index is -0.233. The zero-order valence-electron chi connectivity index (χ0n) is 12.9. The van der Waals surface area contributed by atoms with Crippen molar-refractivity contribution in [3.63, 3.8) is 0 Å². The number of esters is 2. The van der Waals surface area contributed by atoms with Crippen molar-refractivity contribution in [3.8, 4) is 0 Å². The van der Waals surface area contributed by atoms with Crippen molar-refractivity contribution in [1.29, 1.82) is 0 Å². The van der Waals surface area contributed by atoms with Crippen LogP contribution in [0.25, 0.3) is 0 Å². The Labute approximate surface area is 116 Å². The Kier molecular flexibility index (Phi) is 15.9. The molecule has 0 saturated carbocycles. The van der Waals surface area contributed by atoms with Crippen LogP contribution in [0.4, 0.5) is 0 Å². The molecule has 0 radical (unpaired) electrons. The number of carbonyl (C=O) groups is 2. The van der Waals surface area contributed by atoms with Crippen LogP contribution >= 0.6 is 0 Å². The summed E-state index contributed by atoms with van der Waals surface area (Å²) in [6.07, 6.45) is 4.24. The van der Waals surface area contributed by atoms with Gasteiger partial charge in [-0.15, -0.1) is 0 Å². The molecule has 0 spiro atoms. The zero-order chi connectivity index (χ0) is 15.1. The van der Waals surface area contributed by atoms with Crippen LogP contribution in [0.5, 0.6) is 0 Å². The highest BCUT2D eigenvalue weighted by molar-refractivity contribution is 5.66. The second-order valence-corrected chi connectivity index (χ2v) is 4.22. The largest absolute Gasteiger partial charge is 0.466 e. The Morgan fingerprint density at radius 3 is 1.95 bits per heavy atom. The maximum absolute atomic E-state index is 10.3. The first kappa shape index (κ1) is 20.2. The van der Waals surface area contributed by atoms with Crippen LogP contribution in [0.2, 0.25) is 0 Å². The van der Waals surface area contributed by atoms with Crippen LogP contribution in [0.3, 0.4) is 0 Å². The third-order valence-electron chi connectivity index (χ3n) is 2.29. The topological polar surface area (TPSA) is 61.8 Å². The Morgan fingerprint density at radius 1 is 1.00 bits per heavy atom. The fourth-order valence-corrected chi connectivity index (χ4v) is 1.05. The number of hydrogen-bond acceptors (Lipinski definition) is 5. The van der Waals surface area contributed by atoms with Gasteiger partial charge < -0.3 is 14.2 Å². The van der Waals surface area contributed by atoms with Crippen LogP contribution < -0.4 is 0 Å². The molecule has 0 aromatic rings. The predicted molar refractivity (Wildman–Crippen MR) is 73.9 cm³/mol. The lowest BCUT2D eigenvalue weighted by molar-refractivity contribution is -0.142. The van der Waals surface area contributed by atoms with E-state index < -0.39 is 0 Å². The summed E-state index contributed by atoms with van der Waals surface area (Å²) in [6, 6.07) is 0. The fourth-order valence-electron chi connectivity index (χ4n) is 1.05. The molecule has 0 aliphatic heterocycles. The summed E-state index contributed by atoms with van der Waals surface area (Å²) in [7, 11) is 1.64. The monoisotopic (exact) mass is 276 g/mol. The molecule has 0 aromatic heterocycles. The Balaban J connectivity index is 0. The molecule has 0 saturated heterocycles. The van der Waals surface area contributed by atoms with Gasteiger partial charge in [0.2, 0.25) is 0 Å². The molecule has 0 aliphatic carbocycles. The van der Waals surface area contributed by atoms with Gasteiger partial charge in [-0.25, -0.2) is 0 Å². The van der Waals surface area contributed by atoms with Gasteiger partial charge in [0, 0.05) is 27.4 Å². The number of ether oxygens (including phenoxy) is 3. The zero-order valence-corrected chi connectivity index (χ0v) is 12.9. The summed E-state index contributed by atoms with van der Waals surface area (Å²) in [5.41, 5.74) is 0. The third kappa shape index (κ3) is 22.5. The van der Waals surface area contributed by atoms with E-state index in [-0.39, 0.29) is 18.0 Å². The number of hydrogen-bond donors (Lipinski definition) is 0. The molecule has 0 rings (SSSR count). The van der Waals surface area contributed by atoms with E-state index in [4.69, 9.17) is 14.2 Å². The van der Waals surface area contributed by atoms with Gasteiger partial charge >= 0.3 is 11.9 Å². The Morgan fingerprint density at radius 2 is 1.53 bits per heavy atom. The Bertz CT molecular complexity index is 228. The lowest BCUT2D eigenvalue weighted by Gasteiger charge is -2.07. The second kappa shape index (κ2) is 15.0. The van der Waals surface area contributed by atoms with Crippen molar-refractivity contribution in [1.82, 2.24) is 0 Å². The van der Waals surface area contributed by atoms with Crippen LogP contribution in [0.1, 0.15) is 53.4 Å². The molecule has 0 heterocycles. The molecule has 5 heteroatoms. The van der Waals surface area contributed by atoms with E-state index in [0.29, 0.717) is 13.2 Å². The quantitative estimate of drug-likeness (QED) is 0.504. The van der Waals surface area contributed by atoms with Crippen LogP contribution in [0.15, 0.2) is 0 Å². The van der Waals surface area contributed by atoms with E-state index in [2.05, 4.69) is 6.92 Å². The predicted octanol–water partition coefficient (Wildman–Crippen LogP) is 2.71. The molecule has 0 aliphatic rings. The maximum Gasteiger partial charge on any atom is 0.302 e. The third-order valence-corrected chi connectivity index (χ3v) is 2.29. The van der Waals surface area contributed by atoms with Crippen LogP contribution in [-0.4, -0.2) is 38.4 Å². The summed E-state index contributed by atoms with van der Waals surface area (Å²) in [6.45, 7) is 7.92. The van der Waals surface area contributed by atoms with E-state index in [9.17, 15) is 9.59 Å². The molecule has 1 unspecified atom stereocenters. The number of rotatable bonds is 8. The van der Waals surface area contributed by atoms with E-state index in [1.807, 2.05) is 6.92 Å². The van der Waals surface area contributed by atoms with Gasteiger partial charge in [0.15, 0.2) is 0 Å². The highest BCUT2D eigenvalue weighted by atomic mass is 16.5. The van der Waals surface area contributed by atoms with Crippen molar-refractivity contribution in [2.75, 3.05) is 20.3 Å². The first-order chi connectivity index (χ1) is 8.93. The molecular formula is C14H28O5. The molecular weight excluding hydrogens is 248 g/mol. The first-order valence-electron chi connectivity index (χ1n) is 6.73. The van der Waals surface area contributed by atoms with Gasteiger partial charge in [0.1, 0.15) is 0 Å². The van der Waals surface area contributed by atoms with Gasteiger partial charge in [0.05, 0.1) is 19.3 Å². The molecule has 19 heavy (non-hydrogen) atoms. The molecule has 0 fully saturated rings. The van der Waals surface area contributed by atoms with Gasteiger partial charge in [-0.05, 0) is 13.3 Å². The lowest BCUT2D eigenvalue weighted by Crippen LogP contribution is -2.10. The highest BCUT2D eigenvalue weighted by Gasteiger charge is 1.99. The van der Waals surface area contributed by atoms with Crippen LogP contribution in [0, 0.1) is 0 Å². The van der Waals surface area contributed by atoms with E-state index >= 15 is 0 Å². The summed E-state index contributed by atoms with van der Waals surface area (Å²) in [5.74, 6) is -0.408.